The van der Waals surface area contributed by atoms with Crippen molar-refractivity contribution in [1.29, 1.82) is 0 Å². The summed E-state index contributed by atoms with van der Waals surface area (Å²) in [6.07, 6.45) is -12.5. The first-order valence-electron chi connectivity index (χ1n) is 7.63. The van der Waals surface area contributed by atoms with Crippen molar-refractivity contribution in [3.05, 3.63) is 52.3 Å². The highest BCUT2D eigenvalue weighted by molar-refractivity contribution is 7.15. The first-order valence-corrected chi connectivity index (χ1v) is 8.45. The predicted octanol–water partition coefficient (Wildman–Crippen LogP) is 4.95. The lowest BCUT2D eigenvalue weighted by Gasteiger charge is -2.14. The van der Waals surface area contributed by atoms with Crippen LogP contribution in [0.3, 0.4) is 0 Å². The Bertz CT molecular complexity index is 1070. The van der Waals surface area contributed by atoms with Gasteiger partial charge < -0.3 is 0 Å². The van der Waals surface area contributed by atoms with Gasteiger partial charge >= 0.3 is 12.4 Å². The van der Waals surface area contributed by atoms with Crippen LogP contribution >= 0.6 is 11.3 Å². The van der Waals surface area contributed by atoms with E-state index in [1.54, 1.807) is 0 Å². The molecule has 15 heteroatoms. The second kappa shape index (κ2) is 7.62. The van der Waals surface area contributed by atoms with Gasteiger partial charge in [-0.3, -0.25) is 10.1 Å². The fourth-order valence-electron chi connectivity index (χ4n) is 2.33. The summed E-state index contributed by atoms with van der Waals surface area (Å²) >= 11 is 0.248. The van der Waals surface area contributed by atoms with Gasteiger partial charge in [-0.2, -0.15) is 31.4 Å². The minimum Gasteiger partial charge on any atom is -0.296 e. The molecule has 2 aromatic heterocycles. The molecule has 6 nitrogen and oxygen atoms in total. The Morgan fingerprint density at radius 2 is 1.77 bits per heavy atom. The molecule has 3 rings (SSSR count). The third-order valence-electron chi connectivity index (χ3n) is 3.55. The summed E-state index contributed by atoms with van der Waals surface area (Å²) in [4.78, 5) is 12.2. The maximum absolute atomic E-state index is 13.6. The molecular weight excluding hydrogens is 450 g/mol. The molecule has 0 fully saturated rings. The number of alkyl halides is 8. The number of rotatable bonds is 4. The highest BCUT2D eigenvalue weighted by Gasteiger charge is 2.41. The normalized spacial score (nSPS) is 12.4. The molecule has 0 bridgehead atoms. The topological polar surface area (TPSA) is 72.7 Å². The van der Waals surface area contributed by atoms with Gasteiger partial charge in [-0.1, -0.05) is 17.4 Å². The number of hydrogen-bond donors (Lipinski definition) is 1. The summed E-state index contributed by atoms with van der Waals surface area (Å²) in [7, 11) is 0. The summed E-state index contributed by atoms with van der Waals surface area (Å²) in [6.45, 7) is 0. The molecule has 1 amide bonds. The van der Waals surface area contributed by atoms with E-state index in [0.717, 1.165) is 12.1 Å². The minimum absolute atomic E-state index is 0.134. The van der Waals surface area contributed by atoms with Crippen molar-refractivity contribution in [1.82, 2.24) is 20.0 Å². The van der Waals surface area contributed by atoms with Crippen LogP contribution in [-0.2, 0) is 12.4 Å². The van der Waals surface area contributed by atoms with Crippen LogP contribution in [0.5, 0.6) is 0 Å². The number of aromatic nitrogens is 4. The average Bonchev–Trinajstić information content (AvgIpc) is 3.27. The molecule has 30 heavy (non-hydrogen) atoms. The molecule has 1 N–H and O–H groups in total. The van der Waals surface area contributed by atoms with E-state index in [0.29, 0.717) is 18.3 Å². The standard InChI is InChI=1S/C15H7F8N5OS/c16-10(17)12-26-27-13(30-12)25-11(29)8-5-24-28(9(8)15(21,22)23)7-3-1-2-6(4-7)14(18,19)20/h1-5,10H,(H,25,27,29). The van der Waals surface area contributed by atoms with Crippen LogP contribution in [0, 0.1) is 0 Å². The molecule has 2 heterocycles. The van der Waals surface area contributed by atoms with E-state index in [4.69, 9.17) is 0 Å². The Kier molecular flexibility index (Phi) is 5.49. The van der Waals surface area contributed by atoms with Crippen LogP contribution in [0.1, 0.15) is 33.0 Å². The minimum atomic E-state index is -5.19. The van der Waals surface area contributed by atoms with Gasteiger partial charge in [0.15, 0.2) is 10.7 Å². The van der Waals surface area contributed by atoms with Gasteiger partial charge in [0, 0.05) is 0 Å². The summed E-state index contributed by atoms with van der Waals surface area (Å²) in [5.41, 5.74) is -4.51. The van der Waals surface area contributed by atoms with Crippen LogP contribution in [-0.4, -0.2) is 25.9 Å². The zero-order valence-corrected chi connectivity index (χ0v) is 14.9. The Labute approximate surface area is 165 Å². The Hall–Kier alpha value is -3.10. The SMILES string of the molecule is O=C(Nc1nnc(C(F)F)s1)c1cnn(-c2cccc(C(F)(F)F)c2)c1C(F)(F)F. The molecule has 0 aliphatic heterocycles. The lowest BCUT2D eigenvalue weighted by Crippen LogP contribution is -2.21. The summed E-state index contributed by atoms with van der Waals surface area (Å²) in [5, 5.41) is 10.3. The first kappa shape index (κ1) is 21.6. The molecule has 0 unspecified atom stereocenters. The number of nitrogens with zero attached hydrogens (tertiary/aromatic N) is 4. The smallest absolute Gasteiger partial charge is 0.296 e. The zero-order valence-electron chi connectivity index (χ0n) is 14.1. The molecule has 0 atom stereocenters. The molecule has 160 valence electrons. The van der Waals surface area contributed by atoms with E-state index in [-0.39, 0.29) is 16.0 Å². The number of anilines is 1. The summed E-state index contributed by atoms with van der Waals surface area (Å²) < 4.78 is 105. The van der Waals surface area contributed by atoms with Crippen molar-refractivity contribution in [2.45, 2.75) is 18.8 Å². The third kappa shape index (κ3) is 4.39. The van der Waals surface area contributed by atoms with E-state index in [9.17, 15) is 39.9 Å². The summed E-state index contributed by atoms with van der Waals surface area (Å²) in [5.74, 6) is -1.41. The van der Waals surface area contributed by atoms with Gasteiger partial charge in [0.05, 0.1) is 23.0 Å². The van der Waals surface area contributed by atoms with Crippen LogP contribution in [0.2, 0.25) is 0 Å². The van der Waals surface area contributed by atoms with Crippen molar-refractivity contribution in [2.24, 2.45) is 0 Å². The zero-order chi connectivity index (χ0) is 22.3. The molecular formula is C15H7F8N5OS. The first-order chi connectivity index (χ1) is 13.9. The predicted molar refractivity (Wildman–Crippen MR) is 86.4 cm³/mol. The average molecular weight is 457 g/mol. The van der Waals surface area contributed by atoms with Gasteiger partial charge in [-0.25, -0.2) is 13.5 Å². The number of halogens is 8. The maximum Gasteiger partial charge on any atom is 0.434 e. The van der Waals surface area contributed by atoms with E-state index in [1.807, 2.05) is 5.32 Å². The molecule has 1 aromatic carbocycles. The van der Waals surface area contributed by atoms with Crippen LogP contribution in [0.25, 0.3) is 5.69 Å². The fourth-order valence-corrected chi connectivity index (χ4v) is 2.93. The molecule has 0 aliphatic carbocycles. The van der Waals surface area contributed by atoms with Crippen molar-refractivity contribution in [3.63, 3.8) is 0 Å². The van der Waals surface area contributed by atoms with Crippen LogP contribution in [0.4, 0.5) is 40.3 Å². The largest absolute Gasteiger partial charge is 0.434 e. The van der Waals surface area contributed by atoms with Crippen LogP contribution < -0.4 is 5.32 Å². The third-order valence-corrected chi connectivity index (χ3v) is 4.39. The van der Waals surface area contributed by atoms with Crippen molar-refractivity contribution < 1.29 is 39.9 Å². The molecule has 0 spiro atoms. The highest BCUT2D eigenvalue weighted by Crippen LogP contribution is 2.36. The fraction of sp³-hybridized carbons (Fsp3) is 0.200. The Morgan fingerprint density at radius 3 is 2.33 bits per heavy atom. The van der Waals surface area contributed by atoms with Gasteiger partial charge in [0.2, 0.25) is 5.13 Å². The van der Waals surface area contributed by atoms with Crippen molar-refractivity contribution in [3.8, 4) is 5.69 Å². The molecule has 0 radical (unpaired) electrons. The number of hydrogen-bond acceptors (Lipinski definition) is 5. The van der Waals surface area contributed by atoms with Gasteiger partial charge in [0.1, 0.15) is 0 Å². The molecule has 0 aliphatic rings. The second-order valence-electron chi connectivity index (χ2n) is 5.56. The van der Waals surface area contributed by atoms with Gasteiger partial charge in [-0.05, 0) is 18.2 Å². The van der Waals surface area contributed by atoms with E-state index in [2.05, 4.69) is 15.3 Å². The maximum atomic E-state index is 13.6. The number of nitrogens with one attached hydrogen (secondary N) is 1. The number of benzene rings is 1. The number of amides is 1. The second-order valence-corrected chi connectivity index (χ2v) is 6.57. The quantitative estimate of drug-likeness (QED) is 0.563. The Balaban J connectivity index is 2.01. The molecule has 3 aromatic rings. The van der Waals surface area contributed by atoms with Gasteiger partial charge in [-0.15, -0.1) is 10.2 Å². The van der Waals surface area contributed by atoms with E-state index < -0.39 is 57.3 Å². The van der Waals surface area contributed by atoms with Crippen LogP contribution in [0.15, 0.2) is 30.5 Å². The van der Waals surface area contributed by atoms with Crippen molar-refractivity contribution >= 4 is 22.4 Å². The summed E-state index contributed by atoms with van der Waals surface area (Å²) in [6, 6.07) is 2.92. The molecule has 0 saturated carbocycles. The van der Waals surface area contributed by atoms with E-state index in [1.165, 1.54) is 0 Å². The molecule has 0 saturated heterocycles. The van der Waals surface area contributed by atoms with Gasteiger partial charge in [0.25, 0.3) is 12.3 Å². The highest BCUT2D eigenvalue weighted by atomic mass is 32.1. The lowest BCUT2D eigenvalue weighted by atomic mass is 10.1. The lowest BCUT2D eigenvalue weighted by molar-refractivity contribution is -0.143. The van der Waals surface area contributed by atoms with Crippen molar-refractivity contribution in [2.75, 3.05) is 5.32 Å². The van der Waals surface area contributed by atoms with E-state index >= 15 is 0 Å². The number of carbonyl (C=O) groups is 1. The number of carbonyl (C=O) groups excluding carboxylic acids is 1. The monoisotopic (exact) mass is 457 g/mol. The Morgan fingerprint density at radius 1 is 1.07 bits per heavy atom.